The number of nitrogens with zero attached hydrogens (tertiary/aromatic N) is 4. The monoisotopic (exact) mass is 584 g/mol. The first-order valence-electron chi connectivity index (χ1n) is 14.2. The van der Waals surface area contributed by atoms with Crippen molar-refractivity contribution in [1.29, 1.82) is 0 Å². The van der Waals surface area contributed by atoms with Gasteiger partial charge in [0, 0.05) is 37.8 Å². The summed E-state index contributed by atoms with van der Waals surface area (Å²) in [6.45, 7) is 0. The molecule has 0 saturated heterocycles. The Morgan fingerprint density at radius 1 is 0.465 bits per heavy atom. The highest BCUT2D eigenvalue weighted by molar-refractivity contribution is 7.37. The molecule has 0 aliphatic heterocycles. The van der Waals surface area contributed by atoms with E-state index >= 15 is 0 Å². The van der Waals surface area contributed by atoms with Crippen molar-refractivity contribution in [3.05, 3.63) is 121 Å². The zero-order chi connectivity index (χ0) is 28.1. The first-order chi connectivity index (χ1) is 21.3. The lowest BCUT2D eigenvalue weighted by Gasteiger charge is -2.11. The molecule has 0 spiro atoms. The third-order valence-corrected chi connectivity index (χ3v) is 11.0. The Kier molecular flexibility index (Phi) is 4.72. The van der Waals surface area contributed by atoms with Gasteiger partial charge < -0.3 is 0 Å². The van der Waals surface area contributed by atoms with E-state index in [1.165, 1.54) is 51.4 Å². The van der Waals surface area contributed by atoms with Gasteiger partial charge in [-0.15, -0.1) is 22.7 Å². The van der Waals surface area contributed by atoms with E-state index in [4.69, 9.17) is 9.97 Å². The number of hydrogen-bond donors (Lipinski definition) is 0. The molecule has 4 aromatic carbocycles. The first-order valence-corrected chi connectivity index (χ1v) is 15.8. The summed E-state index contributed by atoms with van der Waals surface area (Å²) in [5.74, 6) is 0.901. The number of benzene rings is 4. The molecule has 6 aromatic heterocycles. The van der Waals surface area contributed by atoms with Crippen LogP contribution in [0.5, 0.6) is 0 Å². The quantitative estimate of drug-likeness (QED) is 0.190. The minimum Gasteiger partial charge on any atom is -0.291 e. The Morgan fingerprint density at radius 2 is 1.21 bits per heavy atom. The van der Waals surface area contributed by atoms with E-state index < -0.39 is 0 Å². The molecule has 0 bridgehead atoms. The normalized spacial score (nSPS) is 12.2. The van der Waals surface area contributed by atoms with Gasteiger partial charge in [0.25, 0.3) is 0 Å². The minimum absolute atomic E-state index is 0.845. The molecule has 4 nitrogen and oxygen atoms in total. The van der Waals surface area contributed by atoms with Crippen LogP contribution in [0.4, 0.5) is 0 Å². The number of thiophene rings is 2. The molecule has 10 rings (SSSR count). The fourth-order valence-electron chi connectivity index (χ4n) is 6.48. The van der Waals surface area contributed by atoms with Crippen LogP contribution < -0.4 is 0 Å². The molecule has 6 heterocycles. The highest BCUT2D eigenvalue weighted by Crippen LogP contribution is 2.49. The highest BCUT2D eigenvalue weighted by atomic mass is 32.1. The van der Waals surface area contributed by atoms with Gasteiger partial charge in [-0.2, -0.15) is 0 Å². The predicted octanol–water partition coefficient (Wildman–Crippen LogP) is 10.5. The van der Waals surface area contributed by atoms with Crippen LogP contribution in [0.3, 0.4) is 0 Å². The second kappa shape index (κ2) is 8.67. The van der Waals surface area contributed by atoms with E-state index in [1.807, 2.05) is 53.1 Å². The van der Waals surface area contributed by atoms with Crippen molar-refractivity contribution in [3.63, 3.8) is 0 Å². The van der Waals surface area contributed by atoms with Gasteiger partial charge in [-0.05, 0) is 41.8 Å². The van der Waals surface area contributed by atoms with Crippen molar-refractivity contribution in [2.45, 2.75) is 0 Å². The van der Waals surface area contributed by atoms with Gasteiger partial charge in [-0.1, -0.05) is 78.9 Å². The fraction of sp³-hybridized carbons (Fsp3) is 0. The smallest absolute Gasteiger partial charge is 0.138 e. The number of fused-ring (bicyclic) bond motifs is 12. The summed E-state index contributed by atoms with van der Waals surface area (Å²) < 4.78 is 7.69. The second-order valence-electron chi connectivity index (χ2n) is 10.8. The maximum Gasteiger partial charge on any atom is 0.138 e. The summed E-state index contributed by atoms with van der Waals surface area (Å²) >= 11 is 3.78. The third kappa shape index (κ3) is 3.27. The molecule has 0 aliphatic carbocycles. The van der Waals surface area contributed by atoms with Crippen molar-refractivity contribution < 1.29 is 0 Å². The van der Waals surface area contributed by atoms with Gasteiger partial charge in [-0.3, -0.25) is 9.55 Å². The van der Waals surface area contributed by atoms with Crippen LogP contribution >= 0.6 is 22.7 Å². The van der Waals surface area contributed by atoms with E-state index in [0.717, 1.165) is 39.0 Å². The molecule has 0 atom stereocenters. The Balaban J connectivity index is 1.35. The highest BCUT2D eigenvalue weighted by Gasteiger charge is 2.23. The minimum atomic E-state index is 0.845. The van der Waals surface area contributed by atoms with E-state index in [0.29, 0.717) is 0 Å². The largest absolute Gasteiger partial charge is 0.291 e. The molecule has 0 fully saturated rings. The predicted molar refractivity (Wildman–Crippen MR) is 183 cm³/mol. The van der Waals surface area contributed by atoms with Crippen LogP contribution in [0.15, 0.2) is 121 Å². The molecule has 0 unspecified atom stereocenters. The van der Waals surface area contributed by atoms with Gasteiger partial charge >= 0.3 is 0 Å². The van der Waals surface area contributed by atoms with Gasteiger partial charge in [0.1, 0.15) is 5.82 Å². The molecule has 200 valence electrons. The summed E-state index contributed by atoms with van der Waals surface area (Å²) in [5, 5.41) is 7.17. The van der Waals surface area contributed by atoms with E-state index in [1.54, 1.807) is 0 Å². The maximum absolute atomic E-state index is 5.42. The SMILES string of the molecule is c1ccc(-c2ccc3ccc4ccc(-n5c6c7ccccc7ccc6c6sc7c8ccccc8sc7c65)nc4c3n2)nc1. The summed E-state index contributed by atoms with van der Waals surface area (Å²) in [5.41, 5.74) is 5.92. The van der Waals surface area contributed by atoms with Crippen LogP contribution in [0.2, 0.25) is 0 Å². The number of rotatable bonds is 2. The van der Waals surface area contributed by atoms with Gasteiger partial charge in [0.2, 0.25) is 0 Å². The van der Waals surface area contributed by atoms with E-state index in [9.17, 15) is 0 Å². The molecule has 6 heteroatoms. The van der Waals surface area contributed by atoms with Crippen LogP contribution in [-0.2, 0) is 0 Å². The molecule has 0 N–H and O–H groups in total. The molecule has 43 heavy (non-hydrogen) atoms. The van der Waals surface area contributed by atoms with Gasteiger partial charge in [0.15, 0.2) is 0 Å². The lowest BCUT2D eigenvalue weighted by atomic mass is 10.1. The fourth-order valence-corrected chi connectivity index (χ4v) is 9.24. The summed E-state index contributed by atoms with van der Waals surface area (Å²) in [7, 11) is 0. The molecular weight excluding hydrogens is 565 g/mol. The Morgan fingerprint density at radius 3 is 2.09 bits per heavy atom. The lowest BCUT2D eigenvalue weighted by molar-refractivity contribution is 1.11. The van der Waals surface area contributed by atoms with Crippen molar-refractivity contribution in [1.82, 2.24) is 19.5 Å². The van der Waals surface area contributed by atoms with Crippen LogP contribution in [0.1, 0.15) is 0 Å². The van der Waals surface area contributed by atoms with Gasteiger partial charge in [-0.25, -0.2) is 9.97 Å². The first kappa shape index (κ1) is 23.4. The molecule has 0 amide bonds. The lowest BCUT2D eigenvalue weighted by Crippen LogP contribution is -1.99. The molecular formula is C37H20N4S2. The molecule has 0 aliphatic rings. The standard InChI is InChI=1S/C37H20N4S2/c1-2-8-24-21(7-1)14-17-26-33(24)41(34-35(26)43-36-25-9-3-4-11-29(25)42-37(34)36)30-19-16-23-13-12-22-15-18-28(27-10-5-6-20-38-27)39-31(22)32(23)40-30/h1-20H. The molecule has 10 aromatic rings. The van der Waals surface area contributed by atoms with Crippen molar-refractivity contribution in [2.75, 3.05) is 0 Å². The van der Waals surface area contributed by atoms with Crippen LogP contribution in [0, 0.1) is 0 Å². The second-order valence-corrected chi connectivity index (χ2v) is 12.9. The summed E-state index contributed by atoms with van der Waals surface area (Å²) in [6.07, 6.45) is 1.81. The average molecular weight is 585 g/mol. The Hall–Kier alpha value is -5.17. The average Bonchev–Trinajstić information content (AvgIpc) is 3.72. The number of hydrogen-bond acceptors (Lipinski definition) is 5. The van der Waals surface area contributed by atoms with E-state index in [-0.39, 0.29) is 0 Å². The maximum atomic E-state index is 5.42. The van der Waals surface area contributed by atoms with Crippen LogP contribution in [-0.4, -0.2) is 19.5 Å². The number of aromatic nitrogens is 4. The topological polar surface area (TPSA) is 43.6 Å². The zero-order valence-corrected chi connectivity index (χ0v) is 24.3. The number of pyridine rings is 3. The molecule has 0 saturated carbocycles. The molecule has 0 radical (unpaired) electrons. The Labute approximate surface area is 253 Å². The Bertz CT molecular complexity index is 2730. The zero-order valence-electron chi connectivity index (χ0n) is 22.7. The van der Waals surface area contributed by atoms with Crippen molar-refractivity contribution in [2.24, 2.45) is 0 Å². The summed E-state index contributed by atoms with van der Waals surface area (Å²) in [6, 6.07) is 40.7. The van der Waals surface area contributed by atoms with Crippen molar-refractivity contribution in [3.8, 4) is 17.2 Å². The third-order valence-electron chi connectivity index (χ3n) is 8.44. The van der Waals surface area contributed by atoms with Gasteiger partial charge in [0.05, 0.1) is 47.6 Å². The summed E-state index contributed by atoms with van der Waals surface area (Å²) in [4.78, 5) is 15.1. The van der Waals surface area contributed by atoms with Crippen LogP contribution in [0.25, 0.3) is 90.4 Å². The van der Waals surface area contributed by atoms with Crippen molar-refractivity contribution >= 4 is 95.9 Å². The van der Waals surface area contributed by atoms with E-state index in [2.05, 4.69) is 101 Å².